The normalized spacial score (nSPS) is 13.8. The lowest BCUT2D eigenvalue weighted by Gasteiger charge is -2.25. The number of hydrogen-bond acceptors (Lipinski definition) is 5. The maximum atomic E-state index is 12.0. The number of alkyl carbamates (subject to hydrolysis) is 1. The van der Waals surface area contributed by atoms with Crippen molar-refractivity contribution in [3.8, 4) is 0 Å². The number of halogens is 1. The van der Waals surface area contributed by atoms with Crippen LogP contribution in [0.15, 0.2) is 24.3 Å². The molecule has 0 unspecified atom stereocenters. The molecule has 0 aliphatic rings. The molecule has 0 heterocycles. The van der Waals surface area contributed by atoms with E-state index < -0.39 is 36.4 Å². The number of carbonyl (C=O) groups is 2. The van der Waals surface area contributed by atoms with Gasteiger partial charge in [-0.2, -0.15) is 0 Å². The van der Waals surface area contributed by atoms with Gasteiger partial charge in [0.15, 0.2) is 0 Å². The number of benzene rings is 1. The predicted octanol–water partition coefficient (Wildman–Crippen LogP) is 1.81. The average Bonchev–Trinajstić information content (AvgIpc) is 2.47. The number of aliphatic hydroxyl groups excluding tert-OH is 1. The molecule has 0 aliphatic carbocycles. The van der Waals surface area contributed by atoms with Crippen molar-refractivity contribution in [1.82, 2.24) is 10.6 Å². The van der Waals surface area contributed by atoms with Crippen molar-refractivity contribution in [3.05, 3.63) is 34.9 Å². The number of carboxylic acids is 1. The van der Waals surface area contributed by atoms with Gasteiger partial charge in [0.25, 0.3) is 0 Å². The first-order valence-electron chi connectivity index (χ1n) is 7.91. The predicted molar refractivity (Wildman–Crippen MR) is 94.8 cm³/mol. The summed E-state index contributed by atoms with van der Waals surface area (Å²) in [6.07, 6.45) is -0.148. The van der Waals surface area contributed by atoms with Crippen molar-refractivity contribution in [1.29, 1.82) is 0 Å². The Morgan fingerprint density at radius 2 is 1.84 bits per heavy atom. The van der Waals surface area contributed by atoms with Crippen LogP contribution in [0.3, 0.4) is 0 Å². The van der Waals surface area contributed by atoms with E-state index in [9.17, 15) is 9.59 Å². The Bertz CT molecular complexity index is 571. The van der Waals surface area contributed by atoms with E-state index in [1.807, 2.05) is 12.1 Å². The molecule has 2 atom stereocenters. The summed E-state index contributed by atoms with van der Waals surface area (Å²) in [5.41, 5.74) is 0.278. The Hall–Kier alpha value is -1.83. The fourth-order valence-electron chi connectivity index (χ4n) is 2.07. The van der Waals surface area contributed by atoms with Crippen LogP contribution in [0.25, 0.3) is 0 Å². The third-order valence-corrected chi connectivity index (χ3v) is 3.46. The van der Waals surface area contributed by atoms with Gasteiger partial charge in [-0.25, -0.2) is 4.79 Å². The van der Waals surface area contributed by atoms with Crippen LogP contribution in [0.4, 0.5) is 4.79 Å². The highest BCUT2D eigenvalue weighted by atomic mass is 35.5. The highest BCUT2D eigenvalue weighted by Gasteiger charge is 2.22. The molecule has 0 saturated carbocycles. The summed E-state index contributed by atoms with van der Waals surface area (Å²) in [5.74, 6) is -1.16. The van der Waals surface area contributed by atoms with E-state index in [0.717, 1.165) is 5.56 Å². The molecular weight excluding hydrogens is 348 g/mol. The third-order valence-electron chi connectivity index (χ3n) is 3.21. The molecule has 0 spiro atoms. The number of amides is 1. The van der Waals surface area contributed by atoms with Gasteiger partial charge in [0, 0.05) is 17.6 Å². The highest BCUT2D eigenvalue weighted by molar-refractivity contribution is 6.30. The Kier molecular flexibility index (Phi) is 8.15. The molecule has 1 aromatic carbocycles. The molecule has 1 aromatic rings. The quantitative estimate of drug-likeness (QED) is 0.554. The minimum atomic E-state index is -1.16. The van der Waals surface area contributed by atoms with E-state index in [4.69, 9.17) is 26.6 Å². The van der Waals surface area contributed by atoms with Crippen molar-refractivity contribution < 1.29 is 24.5 Å². The molecule has 7 nitrogen and oxygen atoms in total. The summed E-state index contributed by atoms with van der Waals surface area (Å²) in [7, 11) is 0. The highest BCUT2D eigenvalue weighted by Crippen LogP contribution is 2.12. The first-order valence-corrected chi connectivity index (χ1v) is 8.29. The number of nitrogens with one attached hydrogen (secondary N) is 2. The van der Waals surface area contributed by atoms with Crippen LogP contribution in [-0.4, -0.2) is 53.1 Å². The Balaban J connectivity index is 2.76. The smallest absolute Gasteiger partial charge is 0.407 e. The van der Waals surface area contributed by atoms with Crippen LogP contribution in [0.2, 0.25) is 5.02 Å². The zero-order valence-electron chi connectivity index (χ0n) is 14.6. The van der Waals surface area contributed by atoms with Crippen molar-refractivity contribution in [2.24, 2.45) is 0 Å². The van der Waals surface area contributed by atoms with E-state index in [-0.39, 0.29) is 6.54 Å². The minimum Gasteiger partial charge on any atom is -0.480 e. The Morgan fingerprint density at radius 3 is 2.32 bits per heavy atom. The van der Waals surface area contributed by atoms with E-state index in [2.05, 4.69) is 10.6 Å². The lowest BCUT2D eigenvalue weighted by molar-refractivity contribution is -0.140. The molecule has 8 heteroatoms. The molecule has 0 fully saturated rings. The molecule has 140 valence electrons. The van der Waals surface area contributed by atoms with Crippen LogP contribution < -0.4 is 10.6 Å². The molecule has 25 heavy (non-hydrogen) atoms. The van der Waals surface area contributed by atoms with E-state index in [1.165, 1.54) is 0 Å². The molecule has 0 saturated heterocycles. The summed E-state index contributed by atoms with van der Waals surface area (Å²) in [6.45, 7) is 4.87. The van der Waals surface area contributed by atoms with Gasteiger partial charge in [0.1, 0.15) is 11.6 Å². The van der Waals surface area contributed by atoms with Crippen molar-refractivity contribution >= 4 is 23.7 Å². The fourth-order valence-corrected chi connectivity index (χ4v) is 2.19. The van der Waals surface area contributed by atoms with Gasteiger partial charge in [-0.05, 0) is 44.9 Å². The molecule has 0 bridgehead atoms. The second-order valence-electron chi connectivity index (χ2n) is 6.66. The van der Waals surface area contributed by atoms with Crippen LogP contribution in [0, 0.1) is 0 Å². The van der Waals surface area contributed by atoms with Crippen LogP contribution in [-0.2, 0) is 16.0 Å². The number of hydrogen-bond donors (Lipinski definition) is 4. The SMILES string of the molecule is CC(C)(C)OC(=O)N[C@H](CN[C@@H](CO)C(=O)O)Cc1ccc(Cl)cc1. The second kappa shape index (κ2) is 9.60. The maximum Gasteiger partial charge on any atom is 0.407 e. The van der Waals surface area contributed by atoms with Gasteiger partial charge >= 0.3 is 12.1 Å². The zero-order valence-corrected chi connectivity index (χ0v) is 15.3. The van der Waals surface area contributed by atoms with Crippen molar-refractivity contribution in [2.45, 2.75) is 44.9 Å². The number of aliphatic hydroxyl groups is 1. The standard InChI is InChI=1S/C17H25ClN2O5/c1-17(2,3)25-16(24)20-13(9-19-14(10-21)15(22)23)8-11-4-6-12(18)7-5-11/h4-7,13-14,19,21H,8-10H2,1-3H3,(H,20,24)(H,22,23)/t13-,14-/m0/s1. The van der Waals surface area contributed by atoms with Gasteiger partial charge < -0.3 is 25.6 Å². The van der Waals surface area contributed by atoms with E-state index >= 15 is 0 Å². The lowest BCUT2D eigenvalue weighted by Crippen LogP contribution is -2.50. The number of ether oxygens (including phenoxy) is 1. The summed E-state index contributed by atoms with van der Waals surface area (Å²) in [5, 5.41) is 24.1. The first kappa shape index (κ1) is 21.2. The van der Waals surface area contributed by atoms with Crippen molar-refractivity contribution in [3.63, 3.8) is 0 Å². The van der Waals surface area contributed by atoms with Gasteiger partial charge in [-0.3, -0.25) is 4.79 Å². The van der Waals surface area contributed by atoms with Crippen LogP contribution in [0.1, 0.15) is 26.3 Å². The summed E-state index contributed by atoms with van der Waals surface area (Å²) in [4.78, 5) is 23.0. The third kappa shape index (κ3) is 8.72. The Morgan fingerprint density at radius 1 is 1.24 bits per heavy atom. The van der Waals surface area contributed by atoms with Crippen LogP contribution >= 0.6 is 11.6 Å². The molecule has 0 aromatic heterocycles. The molecule has 0 radical (unpaired) electrons. The second-order valence-corrected chi connectivity index (χ2v) is 7.09. The average molecular weight is 373 g/mol. The fraction of sp³-hybridized carbons (Fsp3) is 0.529. The first-order chi connectivity index (χ1) is 11.6. The number of rotatable bonds is 8. The number of carbonyl (C=O) groups excluding carboxylic acids is 1. The zero-order chi connectivity index (χ0) is 19.0. The number of aliphatic carboxylic acids is 1. The number of carboxylic acid groups (broad SMARTS) is 1. The largest absolute Gasteiger partial charge is 0.480 e. The van der Waals surface area contributed by atoms with Crippen molar-refractivity contribution in [2.75, 3.05) is 13.2 Å². The topological polar surface area (TPSA) is 108 Å². The van der Waals surface area contributed by atoms with E-state index in [1.54, 1.807) is 32.9 Å². The maximum absolute atomic E-state index is 12.0. The van der Waals surface area contributed by atoms with E-state index in [0.29, 0.717) is 11.4 Å². The summed E-state index contributed by atoms with van der Waals surface area (Å²) >= 11 is 5.87. The van der Waals surface area contributed by atoms with Crippen LogP contribution in [0.5, 0.6) is 0 Å². The lowest BCUT2D eigenvalue weighted by atomic mass is 10.1. The molecule has 4 N–H and O–H groups in total. The monoisotopic (exact) mass is 372 g/mol. The van der Waals surface area contributed by atoms with Gasteiger partial charge in [-0.1, -0.05) is 23.7 Å². The molecule has 1 amide bonds. The van der Waals surface area contributed by atoms with Gasteiger partial charge in [0.2, 0.25) is 0 Å². The summed E-state index contributed by atoms with van der Waals surface area (Å²) < 4.78 is 5.24. The minimum absolute atomic E-state index is 0.152. The molecule has 1 rings (SSSR count). The van der Waals surface area contributed by atoms with Gasteiger partial charge in [-0.15, -0.1) is 0 Å². The Labute approximate surface area is 152 Å². The van der Waals surface area contributed by atoms with Gasteiger partial charge in [0.05, 0.1) is 6.61 Å². The molecule has 0 aliphatic heterocycles. The molecular formula is C17H25ClN2O5. The summed E-state index contributed by atoms with van der Waals surface area (Å²) in [6, 6.07) is 5.60.